The first-order chi connectivity index (χ1) is 13.8. The van der Waals surface area contributed by atoms with E-state index in [1.807, 2.05) is 48.5 Å². The molecule has 1 unspecified atom stereocenters. The summed E-state index contributed by atoms with van der Waals surface area (Å²) in [4.78, 5) is 27.5. The Hall–Kier alpha value is -2.56. The SMILES string of the molecule is Cn1cccc1C1CCCCCN1C(=O)CNC(=O)c1ccc(C(C)(C)C)cc1. The van der Waals surface area contributed by atoms with Crippen molar-refractivity contribution < 1.29 is 9.59 Å². The monoisotopic (exact) mass is 395 g/mol. The molecule has 0 spiro atoms. The second-order valence-electron chi connectivity index (χ2n) is 9.01. The van der Waals surface area contributed by atoms with E-state index < -0.39 is 0 Å². The van der Waals surface area contributed by atoms with Gasteiger partial charge in [-0.3, -0.25) is 9.59 Å². The van der Waals surface area contributed by atoms with Gasteiger partial charge in [0.1, 0.15) is 0 Å². The summed E-state index contributed by atoms with van der Waals surface area (Å²) in [7, 11) is 2.02. The van der Waals surface area contributed by atoms with Gasteiger partial charge in [-0.25, -0.2) is 0 Å². The van der Waals surface area contributed by atoms with Gasteiger partial charge in [0.05, 0.1) is 12.6 Å². The quantitative estimate of drug-likeness (QED) is 0.844. The number of carbonyl (C=O) groups is 2. The van der Waals surface area contributed by atoms with Crippen LogP contribution in [0, 0.1) is 0 Å². The van der Waals surface area contributed by atoms with Crippen molar-refractivity contribution in [1.82, 2.24) is 14.8 Å². The zero-order chi connectivity index (χ0) is 21.0. The highest BCUT2D eigenvalue weighted by Gasteiger charge is 2.28. The first-order valence-corrected chi connectivity index (χ1v) is 10.6. The van der Waals surface area contributed by atoms with E-state index in [1.165, 1.54) is 5.56 Å². The van der Waals surface area contributed by atoms with Gasteiger partial charge < -0.3 is 14.8 Å². The van der Waals surface area contributed by atoms with Crippen LogP contribution in [0.2, 0.25) is 0 Å². The topological polar surface area (TPSA) is 54.3 Å². The zero-order valence-electron chi connectivity index (χ0n) is 18.1. The molecule has 0 aliphatic carbocycles. The van der Waals surface area contributed by atoms with E-state index in [9.17, 15) is 9.59 Å². The molecule has 1 aliphatic rings. The Morgan fingerprint density at radius 2 is 1.79 bits per heavy atom. The second kappa shape index (κ2) is 8.85. The highest BCUT2D eigenvalue weighted by atomic mass is 16.2. The van der Waals surface area contributed by atoms with Crippen molar-refractivity contribution in [2.75, 3.05) is 13.1 Å². The van der Waals surface area contributed by atoms with Crippen molar-refractivity contribution in [3.63, 3.8) is 0 Å². The molecule has 2 aromatic rings. The van der Waals surface area contributed by atoms with Gasteiger partial charge in [0, 0.05) is 31.0 Å². The number of hydrogen-bond donors (Lipinski definition) is 1. The van der Waals surface area contributed by atoms with E-state index in [1.54, 1.807) is 0 Å². The molecule has 1 saturated heterocycles. The Morgan fingerprint density at radius 1 is 1.07 bits per heavy atom. The molecule has 5 heteroatoms. The van der Waals surface area contributed by atoms with Crippen LogP contribution in [0.5, 0.6) is 0 Å². The Bertz CT molecular complexity index is 846. The van der Waals surface area contributed by atoms with E-state index in [0.717, 1.165) is 37.9 Å². The lowest BCUT2D eigenvalue weighted by molar-refractivity contribution is -0.132. The van der Waals surface area contributed by atoms with Gasteiger partial charge in [0.25, 0.3) is 5.91 Å². The van der Waals surface area contributed by atoms with Gasteiger partial charge >= 0.3 is 0 Å². The summed E-state index contributed by atoms with van der Waals surface area (Å²) >= 11 is 0. The number of amides is 2. The van der Waals surface area contributed by atoms with Crippen LogP contribution >= 0.6 is 0 Å². The summed E-state index contributed by atoms with van der Waals surface area (Å²) in [6.45, 7) is 7.20. The van der Waals surface area contributed by atoms with Gasteiger partial charge in [-0.05, 0) is 48.1 Å². The van der Waals surface area contributed by atoms with Crippen LogP contribution in [0.4, 0.5) is 0 Å². The molecule has 156 valence electrons. The van der Waals surface area contributed by atoms with Crippen LogP contribution in [-0.4, -0.2) is 34.4 Å². The van der Waals surface area contributed by atoms with Gasteiger partial charge in [0.2, 0.25) is 5.91 Å². The van der Waals surface area contributed by atoms with Crippen LogP contribution in [0.15, 0.2) is 42.6 Å². The Kier molecular flexibility index (Phi) is 6.46. The smallest absolute Gasteiger partial charge is 0.251 e. The number of hydrogen-bond acceptors (Lipinski definition) is 2. The molecule has 5 nitrogen and oxygen atoms in total. The molecular formula is C24H33N3O2. The number of carbonyl (C=O) groups excluding carboxylic acids is 2. The largest absolute Gasteiger partial charge is 0.353 e. The summed E-state index contributed by atoms with van der Waals surface area (Å²) in [5.74, 6) is -0.221. The minimum atomic E-state index is -0.205. The number of rotatable bonds is 4. The fraction of sp³-hybridized carbons (Fsp3) is 0.500. The van der Waals surface area contributed by atoms with Crippen molar-refractivity contribution in [3.8, 4) is 0 Å². The van der Waals surface area contributed by atoms with Crippen molar-refractivity contribution in [2.24, 2.45) is 7.05 Å². The number of benzene rings is 1. The summed E-state index contributed by atoms with van der Waals surface area (Å²) in [6.07, 6.45) is 6.25. The van der Waals surface area contributed by atoms with Crippen LogP contribution in [0.25, 0.3) is 0 Å². The van der Waals surface area contributed by atoms with Gasteiger partial charge in [-0.15, -0.1) is 0 Å². The predicted molar refractivity (Wildman–Crippen MR) is 116 cm³/mol. The molecule has 1 aliphatic heterocycles. The second-order valence-corrected chi connectivity index (χ2v) is 9.01. The van der Waals surface area contributed by atoms with Crippen LogP contribution in [0.1, 0.15) is 74.1 Å². The van der Waals surface area contributed by atoms with Crippen molar-refractivity contribution in [1.29, 1.82) is 0 Å². The lowest BCUT2D eigenvalue weighted by atomic mass is 9.87. The molecule has 2 heterocycles. The third kappa shape index (κ3) is 5.08. The molecule has 0 saturated carbocycles. The van der Waals surface area contributed by atoms with Gasteiger partial charge in [-0.1, -0.05) is 45.7 Å². The average molecular weight is 396 g/mol. The molecular weight excluding hydrogens is 362 g/mol. The lowest BCUT2D eigenvalue weighted by Crippen LogP contribution is -2.42. The van der Waals surface area contributed by atoms with Crippen molar-refractivity contribution in [3.05, 3.63) is 59.4 Å². The van der Waals surface area contributed by atoms with Crippen LogP contribution in [0.3, 0.4) is 0 Å². The maximum Gasteiger partial charge on any atom is 0.251 e. The minimum Gasteiger partial charge on any atom is -0.353 e. The highest BCUT2D eigenvalue weighted by molar-refractivity contribution is 5.96. The molecule has 1 atom stereocenters. The molecule has 29 heavy (non-hydrogen) atoms. The Morgan fingerprint density at radius 3 is 2.41 bits per heavy atom. The highest BCUT2D eigenvalue weighted by Crippen LogP contribution is 2.30. The summed E-state index contributed by atoms with van der Waals surface area (Å²) in [5.41, 5.74) is 2.97. The normalized spacial score (nSPS) is 17.7. The van der Waals surface area contributed by atoms with Gasteiger partial charge in [-0.2, -0.15) is 0 Å². The fourth-order valence-corrected chi connectivity index (χ4v) is 4.02. The van der Waals surface area contributed by atoms with Crippen molar-refractivity contribution >= 4 is 11.8 Å². The predicted octanol–water partition coefficient (Wildman–Crippen LogP) is 4.20. The maximum absolute atomic E-state index is 13.0. The maximum atomic E-state index is 13.0. The summed E-state index contributed by atoms with van der Waals surface area (Å²) in [6, 6.07) is 11.8. The van der Waals surface area contributed by atoms with E-state index in [0.29, 0.717) is 5.56 Å². The first kappa shape index (κ1) is 21.2. The molecule has 3 rings (SSSR count). The molecule has 0 radical (unpaired) electrons. The Labute approximate surface area is 174 Å². The fourth-order valence-electron chi connectivity index (χ4n) is 4.02. The van der Waals surface area contributed by atoms with Crippen LogP contribution in [-0.2, 0) is 17.3 Å². The molecule has 1 aromatic heterocycles. The third-order valence-electron chi connectivity index (χ3n) is 5.81. The standard InChI is InChI=1S/C24H33N3O2/c1-24(2,3)19-13-11-18(12-14-19)23(29)25-17-22(28)27-16-7-5-6-9-21(27)20-10-8-15-26(20)4/h8,10-15,21H,5-7,9,16-17H2,1-4H3,(H,25,29). The van der Waals surface area contributed by atoms with E-state index in [-0.39, 0.29) is 29.8 Å². The van der Waals surface area contributed by atoms with E-state index in [4.69, 9.17) is 0 Å². The third-order valence-corrected chi connectivity index (χ3v) is 5.81. The zero-order valence-corrected chi connectivity index (χ0v) is 18.1. The number of likely N-dealkylation sites (tertiary alicyclic amines) is 1. The van der Waals surface area contributed by atoms with E-state index in [2.05, 4.69) is 36.7 Å². The molecule has 1 N–H and O–H groups in total. The van der Waals surface area contributed by atoms with E-state index >= 15 is 0 Å². The van der Waals surface area contributed by atoms with Crippen LogP contribution < -0.4 is 5.32 Å². The Balaban J connectivity index is 1.65. The van der Waals surface area contributed by atoms with Gasteiger partial charge in [0.15, 0.2) is 0 Å². The molecule has 2 amide bonds. The summed E-state index contributed by atoms with van der Waals surface area (Å²) < 4.78 is 2.09. The number of aryl methyl sites for hydroxylation is 1. The average Bonchev–Trinajstić information content (AvgIpc) is 2.97. The molecule has 0 bridgehead atoms. The van der Waals surface area contributed by atoms with Crippen molar-refractivity contribution in [2.45, 2.75) is 57.9 Å². The first-order valence-electron chi connectivity index (χ1n) is 10.6. The molecule has 1 fully saturated rings. The number of nitrogens with one attached hydrogen (secondary N) is 1. The lowest BCUT2D eigenvalue weighted by Gasteiger charge is -2.30. The number of nitrogens with zero attached hydrogens (tertiary/aromatic N) is 2. The summed E-state index contributed by atoms with van der Waals surface area (Å²) in [5, 5.41) is 2.82. The number of aromatic nitrogens is 1. The minimum absolute atomic E-state index is 0.0160. The molecule has 1 aromatic carbocycles.